The lowest BCUT2D eigenvalue weighted by molar-refractivity contribution is -0.132. The Morgan fingerprint density at radius 3 is 2.68 bits per heavy atom. The Labute approximate surface area is 114 Å². The smallest absolute Gasteiger partial charge is 0.239 e. The fourth-order valence-electron chi connectivity index (χ4n) is 1.93. The van der Waals surface area contributed by atoms with Crippen LogP contribution in [0.1, 0.15) is 25.3 Å². The molecule has 102 valence electrons. The van der Waals surface area contributed by atoms with Crippen molar-refractivity contribution in [3.8, 4) is 6.07 Å². The quantitative estimate of drug-likeness (QED) is 0.810. The number of nitrogens with zero attached hydrogens (tertiary/aromatic N) is 2. The lowest BCUT2D eigenvalue weighted by Gasteiger charge is -2.23. The van der Waals surface area contributed by atoms with Gasteiger partial charge in [-0.1, -0.05) is 30.3 Å². The minimum absolute atomic E-state index is 0.0614. The van der Waals surface area contributed by atoms with Crippen molar-refractivity contribution in [2.75, 3.05) is 13.1 Å². The molecule has 0 aliphatic heterocycles. The molecular formula is C15H21N3O. The van der Waals surface area contributed by atoms with E-state index in [4.69, 9.17) is 11.0 Å². The standard InChI is InChI=1S/C15H21N3O/c1-2-18(12-6-11-16)15(19)14(17)10-9-13-7-4-3-5-8-13/h3-5,7-8,14H,2,6,9-10,12,17H2,1H3/t14-/m0/s1. The number of benzene rings is 1. The monoisotopic (exact) mass is 259 g/mol. The highest BCUT2D eigenvalue weighted by Gasteiger charge is 2.19. The van der Waals surface area contributed by atoms with Crippen molar-refractivity contribution in [1.29, 1.82) is 5.26 Å². The zero-order chi connectivity index (χ0) is 14.1. The third-order valence-electron chi connectivity index (χ3n) is 3.09. The number of nitriles is 1. The van der Waals surface area contributed by atoms with Crippen LogP contribution in [0.15, 0.2) is 30.3 Å². The summed E-state index contributed by atoms with van der Waals surface area (Å²) >= 11 is 0. The molecule has 2 N–H and O–H groups in total. The Hall–Kier alpha value is -1.86. The van der Waals surface area contributed by atoms with Crippen molar-refractivity contribution in [2.45, 2.75) is 32.2 Å². The lowest BCUT2D eigenvalue weighted by atomic mass is 10.0. The molecule has 0 saturated heterocycles. The highest BCUT2D eigenvalue weighted by Crippen LogP contribution is 2.06. The maximum absolute atomic E-state index is 12.1. The molecule has 1 rings (SSSR count). The van der Waals surface area contributed by atoms with Gasteiger partial charge in [0.15, 0.2) is 0 Å². The number of carbonyl (C=O) groups excluding carboxylic acids is 1. The van der Waals surface area contributed by atoms with Crippen LogP contribution in [0.2, 0.25) is 0 Å². The predicted octanol–water partition coefficient (Wildman–Crippen LogP) is 1.71. The van der Waals surface area contributed by atoms with Crippen LogP contribution in [0, 0.1) is 11.3 Å². The molecule has 1 atom stereocenters. The van der Waals surface area contributed by atoms with Gasteiger partial charge in [-0.3, -0.25) is 4.79 Å². The van der Waals surface area contributed by atoms with Crippen LogP contribution in [0.4, 0.5) is 0 Å². The molecule has 0 aliphatic carbocycles. The van der Waals surface area contributed by atoms with E-state index in [2.05, 4.69) is 0 Å². The maximum Gasteiger partial charge on any atom is 0.239 e. The number of aryl methyl sites for hydroxylation is 1. The molecule has 19 heavy (non-hydrogen) atoms. The van der Waals surface area contributed by atoms with Crippen molar-refractivity contribution in [2.24, 2.45) is 5.73 Å². The number of hydrogen-bond acceptors (Lipinski definition) is 3. The van der Waals surface area contributed by atoms with Crippen molar-refractivity contribution in [1.82, 2.24) is 4.90 Å². The first-order valence-electron chi connectivity index (χ1n) is 6.64. The molecule has 0 aliphatic rings. The van der Waals surface area contributed by atoms with Crippen molar-refractivity contribution in [3.05, 3.63) is 35.9 Å². The largest absolute Gasteiger partial charge is 0.341 e. The number of carbonyl (C=O) groups is 1. The Balaban J connectivity index is 2.45. The number of nitrogens with two attached hydrogens (primary N) is 1. The minimum Gasteiger partial charge on any atom is -0.341 e. The normalized spacial score (nSPS) is 11.6. The maximum atomic E-state index is 12.1. The van der Waals surface area contributed by atoms with E-state index in [-0.39, 0.29) is 5.91 Å². The molecule has 0 unspecified atom stereocenters. The average molecular weight is 259 g/mol. The zero-order valence-electron chi connectivity index (χ0n) is 11.4. The van der Waals surface area contributed by atoms with Gasteiger partial charge in [0.1, 0.15) is 0 Å². The van der Waals surface area contributed by atoms with Gasteiger partial charge >= 0.3 is 0 Å². The summed E-state index contributed by atoms with van der Waals surface area (Å²) in [4.78, 5) is 13.7. The van der Waals surface area contributed by atoms with E-state index in [0.717, 1.165) is 6.42 Å². The van der Waals surface area contributed by atoms with Crippen LogP contribution in [-0.2, 0) is 11.2 Å². The molecule has 0 aromatic heterocycles. The van der Waals surface area contributed by atoms with E-state index in [0.29, 0.717) is 25.9 Å². The Kier molecular flexibility index (Phi) is 6.62. The topological polar surface area (TPSA) is 70.1 Å². The fraction of sp³-hybridized carbons (Fsp3) is 0.467. The summed E-state index contributed by atoms with van der Waals surface area (Å²) < 4.78 is 0. The summed E-state index contributed by atoms with van der Waals surface area (Å²) in [6.45, 7) is 2.96. The molecule has 0 heterocycles. The summed E-state index contributed by atoms with van der Waals surface area (Å²) in [5, 5.41) is 8.56. The van der Waals surface area contributed by atoms with Gasteiger partial charge in [0.05, 0.1) is 18.5 Å². The van der Waals surface area contributed by atoms with E-state index < -0.39 is 6.04 Å². The molecule has 0 bridgehead atoms. The Morgan fingerprint density at radius 2 is 2.11 bits per heavy atom. The number of hydrogen-bond donors (Lipinski definition) is 1. The molecule has 1 aromatic rings. The number of likely N-dealkylation sites (N-methyl/N-ethyl adjacent to an activating group) is 1. The predicted molar refractivity (Wildman–Crippen MR) is 75.2 cm³/mol. The molecule has 1 amide bonds. The molecule has 4 heteroatoms. The summed E-state index contributed by atoms with van der Waals surface area (Å²) in [5.41, 5.74) is 7.13. The van der Waals surface area contributed by atoms with Gasteiger partial charge in [0.2, 0.25) is 5.91 Å². The van der Waals surface area contributed by atoms with Crippen LogP contribution in [0.25, 0.3) is 0 Å². The van der Waals surface area contributed by atoms with E-state index >= 15 is 0 Å². The van der Waals surface area contributed by atoms with Gasteiger partial charge in [0, 0.05) is 13.1 Å². The second-order valence-electron chi connectivity index (χ2n) is 4.46. The van der Waals surface area contributed by atoms with Crippen molar-refractivity contribution < 1.29 is 4.79 Å². The summed E-state index contributed by atoms with van der Waals surface area (Å²) in [5.74, 6) is -0.0614. The second kappa shape index (κ2) is 8.28. The summed E-state index contributed by atoms with van der Waals surface area (Å²) in [6.07, 6.45) is 1.78. The SMILES string of the molecule is CCN(CCC#N)C(=O)[C@@H](N)CCc1ccccc1. The highest BCUT2D eigenvalue weighted by atomic mass is 16.2. The first kappa shape index (κ1) is 15.2. The second-order valence-corrected chi connectivity index (χ2v) is 4.46. The molecule has 0 saturated carbocycles. The number of amides is 1. The first-order chi connectivity index (χ1) is 9.19. The summed E-state index contributed by atoms with van der Waals surface area (Å²) in [7, 11) is 0. The molecule has 4 nitrogen and oxygen atoms in total. The molecule has 0 fully saturated rings. The van der Waals surface area contributed by atoms with E-state index in [1.165, 1.54) is 5.56 Å². The van der Waals surface area contributed by atoms with Crippen LogP contribution in [-0.4, -0.2) is 29.9 Å². The Bertz CT molecular complexity index is 425. The molecule has 1 aromatic carbocycles. The average Bonchev–Trinajstić information content (AvgIpc) is 2.46. The van der Waals surface area contributed by atoms with Gasteiger partial charge in [-0.05, 0) is 25.3 Å². The zero-order valence-corrected chi connectivity index (χ0v) is 11.4. The van der Waals surface area contributed by atoms with Gasteiger partial charge in [0.25, 0.3) is 0 Å². The third-order valence-corrected chi connectivity index (χ3v) is 3.09. The van der Waals surface area contributed by atoms with Crippen LogP contribution >= 0.6 is 0 Å². The van der Waals surface area contributed by atoms with Crippen molar-refractivity contribution in [3.63, 3.8) is 0 Å². The van der Waals surface area contributed by atoms with Gasteiger partial charge < -0.3 is 10.6 Å². The van der Waals surface area contributed by atoms with Crippen molar-refractivity contribution >= 4 is 5.91 Å². The molecule has 0 radical (unpaired) electrons. The van der Waals surface area contributed by atoms with Gasteiger partial charge in [-0.15, -0.1) is 0 Å². The highest BCUT2D eigenvalue weighted by molar-refractivity contribution is 5.81. The van der Waals surface area contributed by atoms with Gasteiger partial charge in [-0.25, -0.2) is 0 Å². The number of rotatable bonds is 7. The Morgan fingerprint density at radius 1 is 1.42 bits per heavy atom. The summed E-state index contributed by atoms with van der Waals surface area (Å²) in [6, 6.07) is 11.6. The molecule has 0 spiro atoms. The lowest BCUT2D eigenvalue weighted by Crippen LogP contribution is -2.44. The van der Waals surface area contributed by atoms with E-state index in [1.54, 1.807) is 4.90 Å². The van der Waals surface area contributed by atoms with Gasteiger partial charge in [-0.2, -0.15) is 5.26 Å². The van der Waals surface area contributed by atoms with Crippen LogP contribution in [0.5, 0.6) is 0 Å². The first-order valence-corrected chi connectivity index (χ1v) is 6.64. The van der Waals surface area contributed by atoms with Crippen LogP contribution < -0.4 is 5.73 Å². The van der Waals surface area contributed by atoms with E-state index in [9.17, 15) is 4.79 Å². The van der Waals surface area contributed by atoms with Crippen LogP contribution in [0.3, 0.4) is 0 Å². The molecular weight excluding hydrogens is 238 g/mol. The third kappa shape index (κ3) is 5.11. The van der Waals surface area contributed by atoms with E-state index in [1.807, 2.05) is 43.3 Å². The minimum atomic E-state index is -0.487. The fourth-order valence-corrected chi connectivity index (χ4v) is 1.93.